The van der Waals surface area contributed by atoms with Crippen LogP contribution in [0, 0.1) is 0 Å². The number of hydrogen-bond acceptors (Lipinski definition) is 3. The van der Waals surface area contributed by atoms with E-state index in [1.807, 2.05) is 0 Å². The molecule has 143 heavy (non-hydrogen) atoms. The predicted molar refractivity (Wildman–Crippen MR) is 610 cm³/mol. The summed E-state index contributed by atoms with van der Waals surface area (Å²) in [5.41, 5.74) is 32.2. The van der Waals surface area contributed by atoms with Crippen molar-refractivity contribution in [3.8, 4) is 78.1 Å². The van der Waals surface area contributed by atoms with Gasteiger partial charge in [-0.3, -0.25) is 0 Å². The normalized spacial score (nSPS) is 11.4. The van der Waals surface area contributed by atoms with Crippen LogP contribution < -0.4 is 14.7 Å². The van der Waals surface area contributed by atoms with Gasteiger partial charge in [0.2, 0.25) is 0 Å². The van der Waals surface area contributed by atoms with Crippen molar-refractivity contribution >= 4 is 159 Å². The first kappa shape index (κ1) is 85.7. The lowest BCUT2D eigenvalue weighted by atomic mass is 9.86. The topological polar surface area (TPSA) is 19.6 Å². The summed E-state index contributed by atoms with van der Waals surface area (Å²) in [6, 6.07) is 208. The SMILES string of the molecule is c1ccc(-c2c3ccccc3c(-c3ccc(-c4ccc5c(c4)c4ccccc4n5-c4ccccc4)cc3)c3ccccc23)cc1.c1ccc(-c2c3ccccc3c(-c3ccc(N(c4ccccc4)c4ccc(-n5c6ccccc6c6ccccc65)cc4)cc3)c3ccccc23)cc1.c1ccc(N(c2ccc(-c3ccc(N(c4ccccc4)c4cccc5ccccc45)cc3)cc2)c2cccc3ccccc23)cc1. The van der Waals surface area contributed by atoms with Crippen molar-refractivity contribution in [1.82, 2.24) is 9.13 Å². The molecule has 0 atom stereocenters. The van der Waals surface area contributed by atoms with E-state index in [2.05, 4.69) is 600 Å². The van der Waals surface area contributed by atoms with Crippen LogP contribution in [0.3, 0.4) is 0 Å². The highest BCUT2D eigenvalue weighted by Gasteiger charge is 2.25. The van der Waals surface area contributed by atoms with Crippen LogP contribution in [0.2, 0.25) is 0 Å². The van der Waals surface area contributed by atoms with E-state index in [9.17, 15) is 0 Å². The molecule has 2 aromatic heterocycles. The lowest BCUT2D eigenvalue weighted by molar-refractivity contribution is 1.17. The Morgan fingerprint density at radius 3 is 0.699 bits per heavy atom. The van der Waals surface area contributed by atoms with E-state index in [1.165, 1.54) is 181 Å². The molecule has 0 unspecified atom stereocenters. The number of rotatable bonds is 17. The van der Waals surface area contributed by atoms with Crippen LogP contribution in [-0.4, -0.2) is 9.13 Å². The molecule has 0 fully saturated rings. The van der Waals surface area contributed by atoms with Crippen molar-refractivity contribution in [2.24, 2.45) is 0 Å². The Bertz CT molecular complexity index is 8990. The molecule has 0 radical (unpaired) electrons. The van der Waals surface area contributed by atoms with E-state index < -0.39 is 0 Å². The van der Waals surface area contributed by atoms with E-state index in [0.717, 1.165) is 56.9 Å². The third kappa shape index (κ3) is 16.1. The number of aromatic nitrogens is 2. The molecule has 0 saturated heterocycles. The van der Waals surface area contributed by atoms with Crippen LogP contribution in [0.1, 0.15) is 0 Å². The minimum absolute atomic E-state index is 1.10. The van der Waals surface area contributed by atoms with Crippen LogP contribution in [0.5, 0.6) is 0 Å². The molecule has 5 heteroatoms. The molecular formula is C138H95N5. The highest BCUT2D eigenvalue weighted by atomic mass is 15.2. The Kier molecular flexibility index (Phi) is 22.7. The van der Waals surface area contributed by atoms with E-state index in [1.54, 1.807) is 0 Å². The fraction of sp³-hybridized carbons (Fsp3) is 0. The lowest BCUT2D eigenvalue weighted by Gasteiger charge is -2.27. The first-order valence-electron chi connectivity index (χ1n) is 49.1. The van der Waals surface area contributed by atoms with Crippen LogP contribution in [-0.2, 0) is 0 Å². The maximum Gasteiger partial charge on any atom is 0.0541 e. The fourth-order valence-corrected chi connectivity index (χ4v) is 21.7. The standard InChI is InChI=1S/C50H34N2.C44H32N2.C44H29N/c1-3-15-35(16-4-1)49-43-21-7-9-23-45(43)50(46-24-10-8-22-44(46)49)36-27-29-38(30-28-36)51(37-17-5-2-6-18-37)39-31-33-40(34-32-39)52-47-25-13-11-19-41(47)42-20-12-14-26-48(42)52;1-3-17-37(18-4-1)45(43-23-11-15-35-13-7-9-21-41(35)43)39-29-25-33(26-30-39)34-27-31-40(32-28-34)46(38-19-5-2-6-20-38)44-24-12-16-36-14-8-10-22-42(36)44;1-3-13-31(14-4-1)43-36-18-7-9-20-38(36)44(39-21-10-8-19-37(39)43)32-25-23-30(24-26-32)33-27-28-42-40(29-33)35-17-11-12-22-41(35)45(42)34-15-5-2-6-16-34/h1-34H;1-32H;1-29H. The van der Waals surface area contributed by atoms with Gasteiger partial charge in [-0.1, -0.05) is 425 Å². The summed E-state index contributed by atoms with van der Waals surface area (Å²) in [7, 11) is 0. The molecule has 0 N–H and O–H groups in total. The van der Waals surface area contributed by atoms with E-state index in [4.69, 9.17) is 0 Å². The van der Waals surface area contributed by atoms with Gasteiger partial charge in [0, 0.05) is 83.5 Å². The Labute approximate surface area is 831 Å². The minimum Gasteiger partial charge on any atom is -0.311 e. The number of hydrogen-bond donors (Lipinski definition) is 0. The number of nitrogens with zero attached hydrogens (tertiary/aromatic N) is 5. The summed E-state index contributed by atoms with van der Waals surface area (Å²) >= 11 is 0. The molecule has 25 aromatic carbocycles. The van der Waals surface area contributed by atoms with Crippen molar-refractivity contribution in [3.05, 3.63) is 576 Å². The first-order valence-corrected chi connectivity index (χ1v) is 49.1. The summed E-state index contributed by atoms with van der Waals surface area (Å²) in [5, 5.41) is 20.1. The molecule has 0 aliphatic carbocycles. The van der Waals surface area contributed by atoms with E-state index in [0.29, 0.717) is 0 Å². The largest absolute Gasteiger partial charge is 0.311 e. The monoisotopic (exact) mass is 1820 g/mol. The molecular weight excluding hydrogens is 1730 g/mol. The third-order valence-corrected chi connectivity index (χ3v) is 28.2. The number of benzene rings is 25. The van der Waals surface area contributed by atoms with Crippen molar-refractivity contribution < 1.29 is 0 Å². The Balaban J connectivity index is 0.000000113. The zero-order valence-corrected chi connectivity index (χ0v) is 78.6. The maximum atomic E-state index is 2.37. The van der Waals surface area contributed by atoms with Gasteiger partial charge in [0.15, 0.2) is 0 Å². The van der Waals surface area contributed by atoms with Gasteiger partial charge in [-0.15, -0.1) is 0 Å². The smallest absolute Gasteiger partial charge is 0.0541 e. The molecule has 672 valence electrons. The molecule has 2 heterocycles. The van der Waals surface area contributed by atoms with Gasteiger partial charge in [-0.2, -0.15) is 0 Å². The average Bonchev–Trinajstić information content (AvgIpc) is 1.45. The van der Waals surface area contributed by atoms with Gasteiger partial charge in [0.25, 0.3) is 0 Å². The van der Waals surface area contributed by atoms with Gasteiger partial charge < -0.3 is 23.8 Å². The Hall–Kier alpha value is -18.9. The molecule has 27 aromatic rings. The van der Waals surface area contributed by atoms with Crippen LogP contribution >= 0.6 is 0 Å². The number of anilines is 9. The number of para-hydroxylation sites is 7. The van der Waals surface area contributed by atoms with Gasteiger partial charge in [-0.25, -0.2) is 0 Å². The molecule has 0 bridgehead atoms. The van der Waals surface area contributed by atoms with E-state index >= 15 is 0 Å². The van der Waals surface area contributed by atoms with Crippen LogP contribution in [0.4, 0.5) is 51.2 Å². The predicted octanol–water partition coefficient (Wildman–Crippen LogP) is 38.6. The summed E-state index contributed by atoms with van der Waals surface area (Å²) < 4.78 is 4.74. The van der Waals surface area contributed by atoms with Gasteiger partial charge in [-0.05, 0) is 272 Å². The Morgan fingerprint density at radius 2 is 0.336 bits per heavy atom. The van der Waals surface area contributed by atoms with Gasteiger partial charge >= 0.3 is 0 Å². The third-order valence-electron chi connectivity index (χ3n) is 28.2. The summed E-state index contributed by atoms with van der Waals surface area (Å²) in [5.74, 6) is 0. The molecule has 27 rings (SSSR count). The summed E-state index contributed by atoms with van der Waals surface area (Å²) in [4.78, 5) is 7.03. The highest BCUT2D eigenvalue weighted by Crippen LogP contribution is 2.50. The van der Waals surface area contributed by atoms with Gasteiger partial charge in [0.1, 0.15) is 0 Å². The quantitative estimate of drug-likeness (QED) is 0.0847. The second-order valence-electron chi connectivity index (χ2n) is 36.4. The maximum absolute atomic E-state index is 2.37. The van der Waals surface area contributed by atoms with Crippen molar-refractivity contribution in [3.63, 3.8) is 0 Å². The zero-order chi connectivity index (χ0) is 94.9. The summed E-state index contributed by atoms with van der Waals surface area (Å²) in [6.07, 6.45) is 0. The van der Waals surface area contributed by atoms with Gasteiger partial charge in [0.05, 0.1) is 33.4 Å². The molecule has 0 aliphatic heterocycles. The minimum atomic E-state index is 1.10. The molecule has 5 nitrogen and oxygen atoms in total. The molecule has 0 saturated carbocycles. The lowest BCUT2D eigenvalue weighted by Crippen LogP contribution is -2.10. The first-order chi connectivity index (χ1) is 71.0. The zero-order valence-electron chi connectivity index (χ0n) is 78.6. The van der Waals surface area contributed by atoms with E-state index in [-0.39, 0.29) is 0 Å². The highest BCUT2D eigenvalue weighted by molar-refractivity contribution is 6.24. The Morgan fingerprint density at radius 1 is 0.119 bits per heavy atom. The van der Waals surface area contributed by atoms with Crippen molar-refractivity contribution in [1.29, 1.82) is 0 Å². The number of fused-ring (bicyclic) bond motifs is 12. The molecule has 0 aliphatic rings. The van der Waals surface area contributed by atoms with Crippen molar-refractivity contribution in [2.45, 2.75) is 0 Å². The molecule has 0 spiro atoms. The molecule has 0 amide bonds. The van der Waals surface area contributed by atoms with Crippen LogP contribution in [0.15, 0.2) is 576 Å². The second kappa shape index (κ2) is 37.9. The second-order valence-corrected chi connectivity index (χ2v) is 36.4. The van der Waals surface area contributed by atoms with Crippen LogP contribution in [0.25, 0.3) is 186 Å². The average molecular weight is 1820 g/mol. The van der Waals surface area contributed by atoms with Crippen molar-refractivity contribution in [2.75, 3.05) is 14.7 Å². The fourth-order valence-electron chi connectivity index (χ4n) is 21.7. The summed E-state index contributed by atoms with van der Waals surface area (Å²) in [6.45, 7) is 0.